The van der Waals surface area contributed by atoms with Crippen LogP contribution in [-0.2, 0) is 9.53 Å². The second kappa shape index (κ2) is 7.93. The van der Waals surface area contributed by atoms with E-state index in [4.69, 9.17) is 9.84 Å². The normalized spacial score (nSPS) is 37.8. The second-order valence-corrected chi connectivity index (χ2v) is 6.96. The minimum atomic E-state index is -0.931. The fourth-order valence-corrected chi connectivity index (χ4v) is 4.51. The largest absolute Gasteiger partial charge is 0.478 e. The van der Waals surface area contributed by atoms with Gasteiger partial charge in [0.15, 0.2) is 0 Å². The quantitative estimate of drug-likeness (QED) is 0.464. The standard InChI is InChI=1S/C19H28O4/c1-12-9-17(23-3)16-10-14(11-20)8-13(2)19(16)15(12)6-4-5-7-18(21)22/h4-7,9,13-17,19-20H,8,10-11H2,1-3H3,(H,21,22)/t13-,14+,15+,16-,17-,19-/m1/s1. The second-order valence-electron chi connectivity index (χ2n) is 6.96. The Balaban J connectivity index is 2.25. The Morgan fingerprint density at radius 1 is 1.39 bits per heavy atom. The molecule has 0 spiro atoms. The number of aliphatic hydroxyl groups is 1. The molecule has 0 heterocycles. The van der Waals surface area contributed by atoms with Gasteiger partial charge in [0, 0.05) is 25.7 Å². The predicted octanol–water partition coefficient (Wildman–Crippen LogP) is 3.05. The fourth-order valence-electron chi connectivity index (χ4n) is 4.51. The first-order valence-corrected chi connectivity index (χ1v) is 8.37. The molecule has 0 aliphatic heterocycles. The highest BCUT2D eigenvalue weighted by Gasteiger charge is 2.45. The van der Waals surface area contributed by atoms with Crippen molar-refractivity contribution in [2.24, 2.45) is 29.6 Å². The Hall–Kier alpha value is -1.39. The van der Waals surface area contributed by atoms with Gasteiger partial charge in [0.1, 0.15) is 0 Å². The minimum Gasteiger partial charge on any atom is -0.478 e. The molecule has 23 heavy (non-hydrogen) atoms. The molecule has 0 bridgehead atoms. The number of carboxylic acid groups (broad SMARTS) is 1. The SMILES string of the molecule is CO[C@@H]1C=C(C)[C@H](C=CC=CC(=O)O)[C@@H]2[C@@H]1C[C@@H](CO)C[C@H]2C. The van der Waals surface area contributed by atoms with Crippen LogP contribution in [0.5, 0.6) is 0 Å². The average molecular weight is 320 g/mol. The van der Waals surface area contributed by atoms with Gasteiger partial charge in [-0.2, -0.15) is 0 Å². The number of aliphatic carboxylic acids is 1. The topological polar surface area (TPSA) is 66.8 Å². The number of carboxylic acids is 1. The molecule has 6 atom stereocenters. The molecule has 1 fully saturated rings. The summed E-state index contributed by atoms with van der Waals surface area (Å²) in [6.45, 7) is 4.64. The maximum Gasteiger partial charge on any atom is 0.328 e. The third-order valence-corrected chi connectivity index (χ3v) is 5.45. The van der Waals surface area contributed by atoms with Gasteiger partial charge in [-0.25, -0.2) is 4.79 Å². The van der Waals surface area contributed by atoms with E-state index in [1.807, 2.05) is 6.08 Å². The Morgan fingerprint density at radius 3 is 2.74 bits per heavy atom. The summed E-state index contributed by atoms with van der Waals surface area (Å²) in [4.78, 5) is 10.6. The van der Waals surface area contributed by atoms with Crippen LogP contribution in [0, 0.1) is 29.6 Å². The molecule has 4 heteroatoms. The molecule has 2 rings (SSSR count). The van der Waals surface area contributed by atoms with E-state index in [0.29, 0.717) is 29.6 Å². The van der Waals surface area contributed by atoms with Crippen molar-refractivity contribution in [3.05, 3.63) is 36.0 Å². The predicted molar refractivity (Wildman–Crippen MR) is 89.9 cm³/mol. The van der Waals surface area contributed by atoms with Crippen molar-refractivity contribution in [3.8, 4) is 0 Å². The van der Waals surface area contributed by atoms with Crippen LogP contribution >= 0.6 is 0 Å². The van der Waals surface area contributed by atoms with Gasteiger partial charge in [-0.1, -0.05) is 36.8 Å². The monoisotopic (exact) mass is 320 g/mol. The maximum atomic E-state index is 10.6. The zero-order valence-corrected chi connectivity index (χ0v) is 14.2. The number of methoxy groups -OCH3 is 1. The molecule has 0 aromatic heterocycles. The van der Waals surface area contributed by atoms with Crippen LogP contribution in [0.3, 0.4) is 0 Å². The number of aliphatic hydroxyl groups excluding tert-OH is 1. The summed E-state index contributed by atoms with van der Waals surface area (Å²) in [7, 11) is 1.75. The Morgan fingerprint density at radius 2 is 2.13 bits per heavy atom. The van der Waals surface area contributed by atoms with Crippen LogP contribution in [0.1, 0.15) is 26.7 Å². The van der Waals surface area contributed by atoms with E-state index < -0.39 is 5.97 Å². The third kappa shape index (κ3) is 4.12. The van der Waals surface area contributed by atoms with Gasteiger partial charge in [0.25, 0.3) is 0 Å². The lowest BCUT2D eigenvalue weighted by Crippen LogP contribution is -2.45. The lowest BCUT2D eigenvalue weighted by Gasteiger charge is -2.48. The first kappa shape index (κ1) is 18.0. The number of hydrogen-bond donors (Lipinski definition) is 2. The third-order valence-electron chi connectivity index (χ3n) is 5.45. The first-order chi connectivity index (χ1) is 11.0. The van der Waals surface area contributed by atoms with Crippen molar-refractivity contribution in [1.29, 1.82) is 0 Å². The molecule has 0 aromatic carbocycles. The summed E-state index contributed by atoms with van der Waals surface area (Å²) in [6, 6.07) is 0. The van der Waals surface area contributed by atoms with Crippen molar-refractivity contribution < 1.29 is 19.7 Å². The molecule has 2 aliphatic carbocycles. The average Bonchev–Trinajstić information content (AvgIpc) is 2.52. The van der Waals surface area contributed by atoms with Gasteiger partial charge in [-0.15, -0.1) is 0 Å². The van der Waals surface area contributed by atoms with Crippen LogP contribution < -0.4 is 0 Å². The first-order valence-electron chi connectivity index (χ1n) is 8.37. The highest BCUT2D eigenvalue weighted by atomic mass is 16.5. The fraction of sp³-hybridized carbons (Fsp3) is 0.632. The van der Waals surface area contributed by atoms with Gasteiger partial charge in [-0.3, -0.25) is 0 Å². The van der Waals surface area contributed by atoms with Crippen molar-refractivity contribution >= 4 is 5.97 Å². The van der Waals surface area contributed by atoms with E-state index in [1.54, 1.807) is 13.2 Å². The van der Waals surface area contributed by atoms with Crippen LogP contribution in [0.25, 0.3) is 0 Å². The summed E-state index contributed by atoms with van der Waals surface area (Å²) >= 11 is 0. The van der Waals surface area contributed by atoms with Crippen LogP contribution in [-0.4, -0.2) is 36.0 Å². The lowest BCUT2D eigenvalue weighted by atomic mass is 9.58. The van der Waals surface area contributed by atoms with Crippen molar-refractivity contribution in [1.82, 2.24) is 0 Å². The van der Waals surface area contributed by atoms with E-state index in [0.717, 1.165) is 18.9 Å². The number of hydrogen-bond acceptors (Lipinski definition) is 3. The molecule has 0 aromatic rings. The molecule has 0 radical (unpaired) electrons. The molecule has 0 saturated heterocycles. The van der Waals surface area contributed by atoms with Crippen molar-refractivity contribution in [2.45, 2.75) is 32.8 Å². The van der Waals surface area contributed by atoms with Crippen LogP contribution in [0.2, 0.25) is 0 Å². The minimum absolute atomic E-state index is 0.107. The van der Waals surface area contributed by atoms with Gasteiger partial charge in [0.2, 0.25) is 0 Å². The smallest absolute Gasteiger partial charge is 0.328 e. The highest BCUT2D eigenvalue weighted by molar-refractivity contribution is 5.80. The van der Waals surface area contributed by atoms with Crippen molar-refractivity contribution in [2.75, 3.05) is 13.7 Å². The van der Waals surface area contributed by atoms with E-state index in [9.17, 15) is 9.90 Å². The zero-order chi connectivity index (χ0) is 17.0. The summed E-state index contributed by atoms with van der Waals surface area (Å²) < 4.78 is 5.70. The van der Waals surface area contributed by atoms with Crippen LogP contribution in [0.4, 0.5) is 0 Å². The van der Waals surface area contributed by atoms with E-state index in [2.05, 4.69) is 26.0 Å². The number of allylic oxidation sites excluding steroid dienone is 4. The molecule has 1 saturated carbocycles. The lowest BCUT2D eigenvalue weighted by molar-refractivity contribution is -0.131. The molecule has 2 N–H and O–H groups in total. The van der Waals surface area contributed by atoms with E-state index >= 15 is 0 Å². The van der Waals surface area contributed by atoms with Gasteiger partial charge in [-0.05, 0) is 43.4 Å². The molecule has 4 nitrogen and oxygen atoms in total. The molecule has 2 aliphatic rings. The molecule has 0 amide bonds. The summed E-state index contributed by atoms with van der Waals surface area (Å²) in [5.74, 6) is 1.11. The Bertz CT molecular complexity index is 505. The Kier molecular flexibility index (Phi) is 6.19. The Labute approximate surface area is 138 Å². The van der Waals surface area contributed by atoms with Crippen molar-refractivity contribution in [3.63, 3.8) is 0 Å². The summed E-state index contributed by atoms with van der Waals surface area (Å²) in [5, 5.41) is 18.2. The highest BCUT2D eigenvalue weighted by Crippen LogP contribution is 2.49. The van der Waals surface area contributed by atoms with E-state index in [1.165, 1.54) is 5.57 Å². The number of carbonyl (C=O) groups is 1. The maximum absolute atomic E-state index is 10.6. The van der Waals surface area contributed by atoms with Gasteiger partial charge >= 0.3 is 5.97 Å². The summed E-state index contributed by atoms with van der Waals surface area (Å²) in [5.41, 5.74) is 1.28. The summed E-state index contributed by atoms with van der Waals surface area (Å²) in [6.07, 6.45) is 11.0. The zero-order valence-electron chi connectivity index (χ0n) is 14.2. The van der Waals surface area contributed by atoms with Gasteiger partial charge in [0.05, 0.1) is 6.10 Å². The van der Waals surface area contributed by atoms with Gasteiger partial charge < -0.3 is 14.9 Å². The van der Waals surface area contributed by atoms with Crippen LogP contribution in [0.15, 0.2) is 36.0 Å². The van der Waals surface area contributed by atoms with E-state index in [-0.39, 0.29) is 12.7 Å². The number of fused-ring (bicyclic) bond motifs is 1. The molecular weight excluding hydrogens is 292 g/mol. The molecule has 0 unspecified atom stereocenters. The number of ether oxygens (including phenoxy) is 1. The number of rotatable bonds is 5. The molecule has 128 valence electrons. The molecular formula is C19H28O4.